The molecule has 0 aliphatic carbocycles. The number of fused-ring (bicyclic) bond motifs is 3. The Labute approximate surface area is 126 Å². The third-order valence-corrected chi connectivity index (χ3v) is 5.58. The number of hydrogen-bond acceptors (Lipinski definition) is 2. The average molecular weight is 283 g/mol. The first-order valence-electron chi connectivity index (χ1n) is 8.28. The lowest BCUT2D eigenvalue weighted by Gasteiger charge is -2.36. The maximum absolute atomic E-state index is 3.68. The van der Waals surface area contributed by atoms with E-state index < -0.39 is 0 Å². The fourth-order valence-electron chi connectivity index (χ4n) is 4.32. The third-order valence-electron chi connectivity index (χ3n) is 5.58. The minimum Gasteiger partial charge on any atom is -0.361 e. The van der Waals surface area contributed by atoms with Crippen molar-refractivity contribution in [1.82, 2.24) is 15.2 Å². The Balaban J connectivity index is 1.31. The number of rotatable bonds is 4. The van der Waals surface area contributed by atoms with Crippen molar-refractivity contribution in [2.24, 2.45) is 5.92 Å². The Morgan fingerprint density at radius 3 is 2.81 bits per heavy atom. The zero-order valence-electron chi connectivity index (χ0n) is 12.8. The predicted octanol–water partition coefficient (Wildman–Crippen LogP) is 3.13. The predicted molar refractivity (Wildman–Crippen MR) is 87.3 cm³/mol. The van der Waals surface area contributed by atoms with Crippen LogP contribution in [-0.4, -0.2) is 35.6 Å². The van der Waals surface area contributed by atoms with Gasteiger partial charge in [0.15, 0.2) is 0 Å². The molecule has 21 heavy (non-hydrogen) atoms. The molecule has 2 unspecified atom stereocenters. The summed E-state index contributed by atoms with van der Waals surface area (Å²) >= 11 is 0. The van der Waals surface area contributed by atoms with Crippen molar-refractivity contribution in [3.05, 3.63) is 36.0 Å². The third kappa shape index (κ3) is 2.60. The van der Waals surface area contributed by atoms with Crippen LogP contribution in [0.2, 0.25) is 0 Å². The van der Waals surface area contributed by atoms with E-state index in [-0.39, 0.29) is 0 Å². The van der Waals surface area contributed by atoms with Crippen LogP contribution in [0.4, 0.5) is 0 Å². The maximum atomic E-state index is 3.68. The molecule has 112 valence electrons. The molecule has 2 atom stereocenters. The van der Waals surface area contributed by atoms with Crippen molar-refractivity contribution in [1.29, 1.82) is 0 Å². The lowest BCUT2D eigenvalue weighted by molar-refractivity contribution is 0.133. The van der Waals surface area contributed by atoms with Gasteiger partial charge < -0.3 is 15.2 Å². The fourth-order valence-corrected chi connectivity index (χ4v) is 4.32. The molecule has 0 spiro atoms. The first-order chi connectivity index (χ1) is 10.3. The van der Waals surface area contributed by atoms with Crippen molar-refractivity contribution in [3.63, 3.8) is 0 Å². The van der Waals surface area contributed by atoms with E-state index >= 15 is 0 Å². The highest BCUT2D eigenvalue weighted by atomic mass is 15.2. The summed E-state index contributed by atoms with van der Waals surface area (Å²) < 4.78 is 0. The smallest absolute Gasteiger partial charge is 0.0457 e. The van der Waals surface area contributed by atoms with Crippen LogP contribution in [0.25, 0.3) is 10.9 Å². The molecule has 2 aliphatic rings. The van der Waals surface area contributed by atoms with Gasteiger partial charge >= 0.3 is 0 Å². The standard InChI is InChI=1S/C18H25N3/c1-21-16-4-5-17(21)9-14(8-16)12-19-11-13-2-3-15-6-7-20-18(15)10-13/h2-3,6-7,10,14,16-17,19-20H,4-5,8-9,11-12H2,1H3. The molecule has 0 radical (unpaired) electrons. The topological polar surface area (TPSA) is 31.1 Å². The van der Waals surface area contributed by atoms with Crippen LogP contribution in [0.5, 0.6) is 0 Å². The number of aromatic amines is 1. The number of piperidine rings is 1. The van der Waals surface area contributed by atoms with E-state index in [0.29, 0.717) is 0 Å². The van der Waals surface area contributed by atoms with E-state index in [1.807, 2.05) is 6.20 Å². The monoisotopic (exact) mass is 283 g/mol. The van der Waals surface area contributed by atoms with Crippen molar-refractivity contribution in [2.75, 3.05) is 13.6 Å². The molecule has 2 saturated heterocycles. The number of benzene rings is 1. The highest BCUT2D eigenvalue weighted by molar-refractivity contribution is 5.79. The molecule has 2 N–H and O–H groups in total. The van der Waals surface area contributed by atoms with Crippen LogP contribution < -0.4 is 5.32 Å². The summed E-state index contributed by atoms with van der Waals surface area (Å²) in [5.74, 6) is 0.868. The second-order valence-electron chi connectivity index (χ2n) is 6.92. The second kappa shape index (κ2) is 5.47. The Kier molecular flexibility index (Phi) is 3.48. The van der Waals surface area contributed by atoms with E-state index in [1.54, 1.807) is 0 Å². The van der Waals surface area contributed by atoms with Gasteiger partial charge in [-0.05, 0) is 68.3 Å². The van der Waals surface area contributed by atoms with Crippen molar-refractivity contribution < 1.29 is 0 Å². The number of H-pyrrole nitrogens is 1. The second-order valence-corrected chi connectivity index (χ2v) is 6.92. The molecule has 3 heteroatoms. The van der Waals surface area contributed by atoms with Crippen LogP contribution in [0.15, 0.2) is 30.5 Å². The summed E-state index contributed by atoms with van der Waals surface area (Å²) in [6, 6.07) is 10.5. The van der Waals surface area contributed by atoms with Gasteiger partial charge in [0.1, 0.15) is 0 Å². The molecule has 1 aromatic carbocycles. The zero-order chi connectivity index (χ0) is 14.2. The Morgan fingerprint density at radius 1 is 1.19 bits per heavy atom. The summed E-state index contributed by atoms with van der Waals surface area (Å²) in [5.41, 5.74) is 2.62. The lowest BCUT2D eigenvalue weighted by atomic mass is 9.91. The van der Waals surface area contributed by atoms with Crippen LogP contribution >= 0.6 is 0 Å². The van der Waals surface area contributed by atoms with E-state index in [2.05, 4.69) is 46.5 Å². The first kappa shape index (κ1) is 13.4. The zero-order valence-corrected chi connectivity index (χ0v) is 12.8. The van der Waals surface area contributed by atoms with Gasteiger partial charge in [-0.3, -0.25) is 0 Å². The van der Waals surface area contributed by atoms with Crippen LogP contribution in [0, 0.1) is 5.92 Å². The number of hydrogen-bond donors (Lipinski definition) is 2. The molecule has 3 heterocycles. The molecular formula is C18H25N3. The minimum atomic E-state index is 0.853. The summed E-state index contributed by atoms with van der Waals surface area (Å²) in [6.07, 6.45) is 7.61. The summed E-state index contributed by atoms with van der Waals surface area (Å²) in [4.78, 5) is 5.91. The van der Waals surface area contributed by atoms with Crippen molar-refractivity contribution in [2.45, 2.75) is 44.3 Å². The Hall–Kier alpha value is -1.32. The van der Waals surface area contributed by atoms with Gasteiger partial charge in [-0.2, -0.15) is 0 Å². The van der Waals surface area contributed by atoms with Gasteiger partial charge in [0.05, 0.1) is 0 Å². The Bertz CT molecular complexity index is 604. The molecule has 0 amide bonds. The fraction of sp³-hybridized carbons (Fsp3) is 0.556. The van der Waals surface area contributed by atoms with Gasteiger partial charge in [-0.1, -0.05) is 12.1 Å². The first-order valence-corrected chi connectivity index (χ1v) is 8.28. The number of nitrogens with zero attached hydrogens (tertiary/aromatic N) is 1. The normalized spacial score (nSPS) is 29.3. The molecule has 2 aromatic rings. The highest BCUT2D eigenvalue weighted by Crippen LogP contribution is 2.37. The van der Waals surface area contributed by atoms with Crippen LogP contribution in [-0.2, 0) is 6.54 Å². The lowest BCUT2D eigenvalue weighted by Crippen LogP contribution is -2.42. The van der Waals surface area contributed by atoms with Crippen LogP contribution in [0.3, 0.4) is 0 Å². The van der Waals surface area contributed by atoms with Crippen LogP contribution in [0.1, 0.15) is 31.2 Å². The average Bonchev–Trinajstić information content (AvgIpc) is 3.01. The minimum absolute atomic E-state index is 0.853. The molecule has 2 fully saturated rings. The van der Waals surface area contributed by atoms with E-state index in [4.69, 9.17) is 0 Å². The summed E-state index contributed by atoms with van der Waals surface area (Å²) in [7, 11) is 2.32. The molecule has 2 bridgehead atoms. The molecule has 2 aliphatic heterocycles. The SMILES string of the molecule is CN1C2CCC1CC(CNCc1ccc3cc[nH]c3c1)C2. The summed E-state index contributed by atoms with van der Waals surface area (Å²) in [6.45, 7) is 2.15. The maximum Gasteiger partial charge on any atom is 0.0457 e. The molecule has 3 nitrogen and oxygen atoms in total. The highest BCUT2D eigenvalue weighted by Gasteiger charge is 2.37. The summed E-state index contributed by atoms with van der Waals surface area (Å²) in [5, 5.41) is 4.98. The van der Waals surface area contributed by atoms with Crippen molar-refractivity contribution in [3.8, 4) is 0 Å². The largest absolute Gasteiger partial charge is 0.361 e. The van der Waals surface area contributed by atoms with E-state index in [1.165, 1.54) is 48.7 Å². The van der Waals surface area contributed by atoms with Gasteiger partial charge in [0.2, 0.25) is 0 Å². The van der Waals surface area contributed by atoms with E-state index in [9.17, 15) is 0 Å². The molecule has 0 saturated carbocycles. The van der Waals surface area contributed by atoms with Gasteiger partial charge in [0, 0.05) is 30.3 Å². The van der Waals surface area contributed by atoms with Gasteiger partial charge in [0.25, 0.3) is 0 Å². The number of aromatic nitrogens is 1. The van der Waals surface area contributed by atoms with Gasteiger partial charge in [-0.15, -0.1) is 0 Å². The molecule has 4 rings (SSSR count). The van der Waals surface area contributed by atoms with Crippen molar-refractivity contribution >= 4 is 10.9 Å². The molecule has 1 aromatic heterocycles. The Morgan fingerprint density at radius 2 is 2.00 bits per heavy atom. The van der Waals surface area contributed by atoms with E-state index in [0.717, 1.165) is 24.5 Å². The quantitative estimate of drug-likeness (QED) is 0.903. The van der Waals surface area contributed by atoms with Gasteiger partial charge in [-0.25, -0.2) is 0 Å². The number of nitrogens with one attached hydrogen (secondary N) is 2. The molecular weight excluding hydrogens is 258 g/mol.